The normalized spacial score (nSPS) is 10.4. The van der Waals surface area contributed by atoms with E-state index >= 15 is 0 Å². The number of nitrogens with zero attached hydrogens (tertiary/aromatic N) is 3. The second-order valence-electron chi connectivity index (χ2n) is 3.18. The van der Waals surface area contributed by atoms with Gasteiger partial charge in [0.25, 0.3) is 0 Å². The number of aryl methyl sites for hydroxylation is 1. The maximum absolute atomic E-state index is 11.0. The third kappa shape index (κ3) is 1.71. The van der Waals surface area contributed by atoms with E-state index in [-0.39, 0.29) is 5.56 Å². The average molecular weight is 282 g/mol. The van der Waals surface area contributed by atoms with Gasteiger partial charge < -0.3 is 5.11 Å². The summed E-state index contributed by atoms with van der Waals surface area (Å²) in [6.07, 6.45) is 2.96. The van der Waals surface area contributed by atoms with Crippen molar-refractivity contribution in [3.8, 4) is 11.3 Å². The van der Waals surface area contributed by atoms with Crippen molar-refractivity contribution in [2.75, 3.05) is 0 Å². The number of hydrogen-bond donors (Lipinski definition) is 1. The molecule has 6 heteroatoms. The van der Waals surface area contributed by atoms with Crippen molar-refractivity contribution < 1.29 is 9.90 Å². The minimum absolute atomic E-state index is 0.163. The van der Waals surface area contributed by atoms with Crippen molar-refractivity contribution in [2.45, 2.75) is 0 Å². The predicted molar refractivity (Wildman–Crippen MR) is 61.1 cm³/mol. The van der Waals surface area contributed by atoms with Crippen LogP contribution in [0.15, 0.2) is 29.1 Å². The molecule has 0 saturated carbocycles. The van der Waals surface area contributed by atoms with Crippen molar-refractivity contribution in [3.05, 3.63) is 34.7 Å². The number of carboxylic acids is 1. The molecule has 0 atom stereocenters. The molecule has 82 valence electrons. The van der Waals surface area contributed by atoms with Gasteiger partial charge in [0.05, 0.1) is 11.9 Å². The molecule has 0 saturated heterocycles. The summed E-state index contributed by atoms with van der Waals surface area (Å²) in [4.78, 5) is 15.1. The lowest BCUT2D eigenvalue weighted by molar-refractivity contribution is 0.0697. The molecule has 0 aliphatic heterocycles. The highest BCUT2D eigenvalue weighted by Gasteiger charge is 2.18. The van der Waals surface area contributed by atoms with E-state index < -0.39 is 5.97 Å². The van der Waals surface area contributed by atoms with Crippen LogP contribution in [0.1, 0.15) is 10.4 Å². The third-order valence-corrected chi connectivity index (χ3v) is 2.82. The Hall–Kier alpha value is -1.69. The van der Waals surface area contributed by atoms with E-state index in [0.29, 0.717) is 15.9 Å². The fourth-order valence-corrected chi connectivity index (χ4v) is 1.91. The zero-order chi connectivity index (χ0) is 11.7. The van der Waals surface area contributed by atoms with E-state index in [9.17, 15) is 4.79 Å². The van der Waals surface area contributed by atoms with Gasteiger partial charge in [0.15, 0.2) is 0 Å². The van der Waals surface area contributed by atoms with Gasteiger partial charge in [-0.25, -0.2) is 9.78 Å². The zero-order valence-corrected chi connectivity index (χ0v) is 9.97. The minimum atomic E-state index is -1.00. The Balaban J connectivity index is 2.68. The van der Waals surface area contributed by atoms with Crippen LogP contribution >= 0.6 is 15.9 Å². The molecule has 16 heavy (non-hydrogen) atoms. The number of carboxylic acid groups (broad SMARTS) is 1. The summed E-state index contributed by atoms with van der Waals surface area (Å²) in [6.45, 7) is 0. The molecular weight excluding hydrogens is 274 g/mol. The molecule has 1 N–H and O–H groups in total. The molecular formula is C10H8BrN3O2. The van der Waals surface area contributed by atoms with Gasteiger partial charge in [0.2, 0.25) is 0 Å². The van der Waals surface area contributed by atoms with Crippen molar-refractivity contribution >= 4 is 21.9 Å². The maximum Gasteiger partial charge on any atom is 0.339 e. The number of hydrogen-bond acceptors (Lipinski definition) is 3. The summed E-state index contributed by atoms with van der Waals surface area (Å²) in [6, 6.07) is 3.54. The molecule has 0 bridgehead atoms. The number of rotatable bonds is 2. The molecule has 0 radical (unpaired) electrons. The molecule has 2 aromatic rings. The van der Waals surface area contributed by atoms with E-state index in [4.69, 9.17) is 5.11 Å². The number of aromatic nitrogens is 3. The van der Waals surface area contributed by atoms with Crippen LogP contribution in [-0.4, -0.2) is 25.8 Å². The van der Waals surface area contributed by atoms with E-state index in [1.54, 1.807) is 25.4 Å². The highest BCUT2D eigenvalue weighted by Crippen LogP contribution is 2.28. The molecule has 0 unspecified atom stereocenters. The van der Waals surface area contributed by atoms with Crippen LogP contribution in [0.5, 0.6) is 0 Å². The first-order chi connectivity index (χ1) is 7.61. The molecule has 0 amide bonds. The Morgan fingerprint density at radius 3 is 2.94 bits per heavy atom. The van der Waals surface area contributed by atoms with Crippen molar-refractivity contribution in [2.24, 2.45) is 7.05 Å². The molecule has 5 nitrogen and oxygen atoms in total. The molecule has 0 aliphatic carbocycles. The second kappa shape index (κ2) is 4.05. The molecule has 2 rings (SSSR count). The predicted octanol–water partition coefficient (Wildman–Crippen LogP) is 1.94. The van der Waals surface area contributed by atoms with E-state index in [1.807, 2.05) is 0 Å². The fraction of sp³-hybridized carbons (Fsp3) is 0.100. The van der Waals surface area contributed by atoms with Gasteiger partial charge in [0.1, 0.15) is 10.2 Å². The Morgan fingerprint density at radius 2 is 2.31 bits per heavy atom. The van der Waals surface area contributed by atoms with Crippen LogP contribution in [0.25, 0.3) is 11.3 Å². The fourth-order valence-electron chi connectivity index (χ4n) is 1.48. The SMILES string of the molecule is Cn1ncc(C(=O)O)c1-c1cccnc1Br. The van der Waals surface area contributed by atoms with Gasteiger partial charge in [-0.1, -0.05) is 0 Å². The van der Waals surface area contributed by atoms with Crippen LogP contribution in [-0.2, 0) is 7.05 Å². The topological polar surface area (TPSA) is 68.0 Å². The molecule has 0 aliphatic rings. The van der Waals surface area contributed by atoms with Gasteiger partial charge in [-0.2, -0.15) is 5.10 Å². The Labute approximate surface area is 99.9 Å². The number of pyridine rings is 1. The minimum Gasteiger partial charge on any atom is -0.478 e. The first-order valence-electron chi connectivity index (χ1n) is 4.47. The summed E-state index contributed by atoms with van der Waals surface area (Å²) in [7, 11) is 1.70. The highest BCUT2D eigenvalue weighted by atomic mass is 79.9. The van der Waals surface area contributed by atoms with Crippen molar-refractivity contribution in [3.63, 3.8) is 0 Å². The van der Waals surface area contributed by atoms with Gasteiger partial charge in [-0.05, 0) is 28.1 Å². The Morgan fingerprint density at radius 1 is 1.56 bits per heavy atom. The largest absolute Gasteiger partial charge is 0.478 e. The molecule has 0 aromatic carbocycles. The Bertz CT molecular complexity index is 551. The third-order valence-electron chi connectivity index (χ3n) is 2.18. The van der Waals surface area contributed by atoms with E-state index in [0.717, 1.165) is 0 Å². The molecule has 2 aromatic heterocycles. The number of carbonyl (C=O) groups is 1. The monoisotopic (exact) mass is 281 g/mol. The van der Waals surface area contributed by atoms with E-state index in [1.165, 1.54) is 10.9 Å². The smallest absolute Gasteiger partial charge is 0.339 e. The maximum atomic E-state index is 11.0. The average Bonchev–Trinajstić information content (AvgIpc) is 2.61. The van der Waals surface area contributed by atoms with Crippen molar-refractivity contribution in [1.29, 1.82) is 0 Å². The summed E-state index contributed by atoms with van der Waals surface area (Å²) in [5.41, 5.74) is 1.41. The quantitative estimate of drug-likeness (QED) is 0.855. The lowest BCUT2D eigenvalue weighted by Gasteiger charge is -2.05. The highest BCUT2D eigenvalue weighted by molar-refractivity contribution is 9.10. The number of halogens is 1. The molecule has 2 heterocycles. The summed E-state index contributed by atoms with van der Waals surface area (Å²) >= 11 is 3.29. The van der Waals surface area contributed by atoms with Gasteiger partial charge in [-0.15, -0.1) is 0 Å². The Kier molecular flexibility index (Phi) is 2.74. The van der Waals surface area contributed by atoms with E-state index in [2.05, 4.69) is 26.0 Å². The summed E-state index contributed by atoms with van der Waals surface area (Å²) in [5, 5.41) is 13.0. The van der Waals surface area contributed by atoms with Crippen LogP contribution in [0.2, 0.25) is 0 Å². The van der Waals surface area contributed by atoms with Crippen LogP contribution < -0.4 is 0 Å². The molecule has 0 fully saturated rings. The van der Waals surface area contributed by atoms with Crippen molar-refractivity contribution in [1.82, 2.24) is 14.8 Å². The standard InChI is InChI=1S/C10H8BrN3O2/c1-14-8(7(5-13-14)10(15)16)6-3-2-4-12-9(6)11/h2-5H,1H3,(H,15,16). The lowest BCUT2D eigenvalue weighted by atomic mass is 10.1. The van der Waals surface area contributed by atoms with Crippen LogP contribution in [0, 0.1) is 0 Å². The van der Waals surface area contributed by atoms with Gasteiger partial charge in [-0.3, -0.25) is 4.68 Å². The first kappa shape index (κ1) is 10.8. The van der Waals surface area contributed by atoms with Gasteiger partial charge in [0, 0.05) is 18.8 Å². The van der Waals surface area contributed by atoms with Gasteiger partial charge >= 0.3 is 5.97 Å². The van der Waals surface area contributed by atoms with Crippen LogP contribution in [0.3, 0.4) is 0 Å². The second-order valence-corrected chi connectivity index (χ2v) is 3.93. The zero-order valence-electron chi connectivity index (χ0n) is 8.38. The number of aromatic carboxylic acids is 1. The van der Waals surface area contributed by atoms with Crippen LogP contribution in [0.4, 0.5) is 0 Å². The summed E-state index contributed by atoms with van der Waals surface area (Å²) in [5.74, 6) is -1.00. The lowest BCUT2D eigenvalue weighted by Crippen LogP contribution is -2.01. The first-order valence-corrected chi connectivity index (χ1v) is 5.26. The molecule has 0 spiro atoms. The summed E-state index contributed by atoms with van der Waals surface area (Å²) < 4.78 is 2.12.